The number of rotatable bonds is 5. The summed E-state index contributed by atoms with van der Waals surface area (Å²) in [5.41, 5.74) is 4.16. The molecule has 3 aliphatic carbocycles. The van der Waals surface area contributed by atoms with E-state index in [4.69, 9.17) is 5.73 Å². The van der Waals surface area contributed by atoms with E-state index in [0.717, 1.165) is 11.6 Å². The van der Waals surface area contributed by atoms with Crippen LogP contribution in [0.25, 0.3) is 5.76 Å². The Morgan fingerprint density at radius 1 is 1.22 bits per heavy atom. The number of aliphatic hydroxyl groups is 3. The van der Waals surface area contributed by atoms with Gasteiger partial charge in [-0.05, 0) is 51.7 Å². The second-order valence-corrected chi connectivity index (χ2v) is 10.6. The fourth-order valence-corrected chi connectivity index (χ4v) is 6.05. The SMILES string of the molecule is CC(C)=CNCc1ccc2c(c1O)C(O)=C1C(=O)[C@]3(O)C=C(C(N)=O)C(=O)[C@@H](N(C)C)[C@@H]3[C@@H](O)[C@@H]1[C@H]2C. The Bertz CT molecular complexity index is 1290. The van der Waals surface area contributed by atoms with Gasteiger partial charge in [0.05, 0.1) is 23.3 Å². The number of hydrogen-bond donors (Lipinski definition) is 6. The third-order valence-corrected chi connectivity index (χ3v) is 7.74. The normalized spacial score (nSPS) is 30.8. The number of primary amides is 1. The summed E-state index contributed by atoms with van der Waals surface area (Å²) in [6.07, 6.45) is 1.14. The van der Waals surface area contributed by atoms with E-state index < -0.39 is 64.3 Å². The highest BCUT2D eigenvalue weighted by Gasteiger charge is 2.64. The Morgan fingerprint density at radius 2 is 1.86 bits per heavy atom. The molecule has 1 fully saturated rings. The molecule has 4 rings (SSSR count). The van der Waals surface area contributed by atoms with Crippen LogP contribution in [0.2, 0.25) is 0 Å². The molecular weight excluding hydrogens is 478 g/mol. The van der Waals surface area contributed by atoms with Gasteiger partial charge in [0.1, 0.15) is 11.5 Å². The number of aliphatic hydroxyl groups excluding tert-OH is 2. The number of ketones is 2. The van der Waals surface area contributed by atoms with Crippen molar-refractivity contribution in [3.8, 4) is 5.75 Å². The van der Waals surface area contributed by atoms with Crippen LogP contribution in [0.5, 0.6) is 5.75 Å². The van der Waals surface area contributed by atoms with E-state index in [9.17, 15) is 34.8 Å². The van der Waals surface area contributed by atoms with Crippen molar-refractivity contribution in [2.45, 2.75) is 51.0 Å². The number of likely N-dealkylation sites (N-methyl/N-ethyl adjacent to an activating group) is 1. The lowest BCUT2D eigenvalue weighted by atomic mass is 9.55. The van der Waals surface area contributed by atoms with Gasteiger partial charge in [0.15, 0.2) is 17.2 Å². The second kappa shape index (κ2) is 9.13. The highest BCUT2D eigenvalue weighted by molar-refractivity contribution is 6.24. The van der Waals surface area contributed by atoms with E-state index >= 15 is 0 Å². The van der Waals surface area contributed by atoms with Gasteiger partial charge < -0.3 is 31.5 Å². The number of carbonyl (C=O) groups is 3. The maximum absolute atomic E-state index is 13.9. The van der Waals surface area contributed by atoms with E-state index in [1.54, 1.807) is 25.3 Å². The Morgan fingerprint density at radius 3 is 2.43 bits per heavy atom. The summed E-state index contributed by atoms with van der Waals surface area (Å²) < 4.78 is 0. The molecule has 0 aromatic heterocycles. The first-order valence-electron chi connectivity index (χ1n) is 12.1. The van der Waals surface area contributed by atoms with Crippen LogP contribution in [0.15, 0.2) is 41.1 Å². The van der Waals surface area contributed by atoms with E-state index in [1.807, 2.05) is 13.8 Å². The van der Waals surface area contributed by atoms with Gasteiger partial charge in [-0.25, -0.2) is 0 Å². The molecule has 1 aromatic rings. The first-order chi connectivity index (χ1) is 17.2. The molecule has 198 valence electrons. The fourth-order valence-electron chi connectivity index (χ4n) is 6.05. The van der Waals surface area contributed by atoms with Crippen molar-refractivity contribution in [2.75, 3.05) is 14.1 Å². The Balaban J connectivity index is 1.92. The minimum Gasteiger partial charge on any atom is -0.507 e. The maximum Gasteiger partial charge on any atom is 0.252 e. The van der Waals surface area contributed by atoms with Gasteiger partial charge >= 0.3 is 0 Å². The molecule has 0 bridgehead atoms. The second-order valence-electron chi connectivity index (χ2n) is 10.6. The number of phenolic OH excluding ortho intramolecular Hbond substituents is 1. The van der Waals surface area contributed by atoms with Gasteiger partial charge in [-0.15, -0.1) is 0 Å². The predicted octanol–water partition coefficient (Wildman–Crippen LogP) is 0.623. The number of allylic oxidation sites excluding steroid dienone is 1. The topological polar surface area (TPSA) is 173 Å². The summed E-state index contributed by atoms with van der Waals surface area (Å²) in [5, 5.41) is 48.8. The third kappa shape index (κ3) is 3.87. The minimum atomic E-state index is -2.48. The summed E-state index contributed by atoms with van der Waals surface area (Å²) >= 11 is 0. The van der Waals surface area contributed by atoms with Gasteiger partial charge in [-0.1, -0.05) is 24.6 Å². The van der Waals surface area contributed by atoms with Crippen molar-refractivity contribution in [3.63, 3.8) is 0 Å². The van der Waals surface area contributed by atoms with Crippen LogP contribution in [0, 0.1) is 11.8 Å². The standard InChI is InChI=1S/C27H33N3O7/c1-11(2)9-29-10-13-6-7-14-12(3)16-18(23(33)17(14)21(13)31)25(35)27(37)8-15(26(28)36)22(32)20(30(4)5)19(27)24(16)34/h6-9,12,16,19-20,24,29,31,33-34,37H,10H2,1-5H3,(H2,28,36)/t12-,16+,19+,20-,24-,27-/m0/s1. The van der Waals surface area contributed by atoms with Gasteiger partial charge in [-0.3, -0.25) is 19.3 Å². The fraction of sp³-hybridized carbons (Fsp3) is 0.444. The number of hydrogen-bond acceptors (Lipinski definition) is 9. The smallest absolute Gasteiger partial charge is 0.252 e. The molecule has 3 aliphatic rings. The lowest BCUT2D eigenvalue weighted by Gasteiger charge is -2.53. The lowest BCUT2D eigenvalue weighted by Crippen LogP contribution is -2.68. The van der Waals surface area contributed by atoms with Crippen LogP contribution in [0.1, 0.15) is 43.4 Å². The van der Waals surface area contributed by atoms with Crippen molar-refractivity contribution in [3.05, 3.63) is 57.8 Å². The summed E-state index contributed by atoms with van der Waals surface area (Å²) in [5.74, 6) is -6.40. The minimum absolute atomic E-state index is 0.0491. The number of nitrogens with one attached hydrogen (secondary N) is 1. The van der Waals surface area contributed by atoms with E-state index in [2.05, 4.69) is 5.32 Å². The van der Waals surface area contributed by atoms with Crippen LogP contribution in [0.4, 0.5) is 0 Å². The molecule has 10 heteroatoms. The summed E-state index contributed by atoms with van der Waals surface area (Å²) in [4.78, 5) is 40.5. The number of aromatic hydroxyl groups is 1. The molecule has 0 spiro atoms. The molecule has 0 saturated heterocycles. The number of nitrogens with two attached hydrogens (primary N) is 1. The molecule has 37 heavy (non-hydrogen) atoms. The molecule has 6 atom stereocenters. The van der Waals surface area contributed by atoms with Crippen molar-refractivity contribution < 1.29 is 34.8 Å². The van der Waals surface area contributed by atoms with Crippen molar-refractivity contribution in [1.82, 2.24) is 10.2 Å². The number of benzene rings is 1. The average molecular weight is 512 g/mol. The Kier molecular flexibility index (Phi) is 6.56. The average Bonchev–Trinajstić information content (AvgIpc) is 2.80. The van der Waals surface area contributed by atoms with Crippen molar-refractivity contribution in [1.29, 1.82) is 0 Å². The maximum atomic E-state index is 13.9. The molecule has 10 nitrogen and oxygen atoms in total. The van der Waals surface area contributed by atoms with E-state index in [0.29, 0.717) is 11.1 Å². The number of amides is 1. The molecule has 0 heterocycles. The zero-order chi connectivity index (χ0) is 27.6. The van der Waals surface area contributed by atoms with Crippen LogP contribution < -0.4 is 11.1 Å². The zero-order valence-corrected chi connectivity index (χ0v) is 21.4. The van der Waals surface area contributed by atoms with Crippen LogP contribution in [0.3, 0.4) is 0 Å². The van der Waals surface area contributed by atoms with Gasteiger partial charge in [0.25, 0.3) is 5.91 Å². The van der Waals surface area contributed by atoms with Crippen molar-refractivity contribution in [2.24, 2.45) is 17.6 Å². The lowest BCUT2D eigenvalue weighted by molar-refractivity contribution is -0.160. The van der Waals surface area contributed by atoms with Crippen LogP contribution >= 0.6 is 0 Å². The molecular formula is C27H33N3O7. The van der Waals surface area contributed by atoms with Gasteiger partial charge in [-0.2, -0.15) is 0 Å². The monoisotopic (exact) mass is 511 g/mol. The van der Waals surface area contributed by atoms with Crippen LogP contribution in [-0.2, 0) is 20.9 Å². The number of fused-ring (bicyclic) bond motifs is 3. The number of carbonyl (C=O) groups excluding carboxylic acids is 3. The first-order valence-corrected chi connectivity index (χ1v) is 12.1. The highest BCUT2D eigenvalue weighted by atomic mass is 16.3. The van der Waals surface area contributed by atoms with Crippen molar-refractivity contribution >= 4 is 23.2 Å². The highest BCUT2D eigenvalue weighted by Crippen LogP contribution is 2.55. The van der Waals surface area contributed by atoms with Gasteiger partial charge in [0.2, 0.25) is 0 Å². The Hall–Kier alpha value is -3.47. The number of nitrogens with zero attached hydrogens (tertiary/aromatic N) is 1. The quantitative estimate of drug-likeness (QED) is 0.310. The van der Waals surface area contributed by atoms with Crippen LogP contribution in [-0.4, -0.2) is 74.6 Å². The molecule has 1 aromatic carbocycles. The molecule has 1 saturated carbocycles. The summed E-state index contributed by atoms with van der Waals surface area (Å²) in [6, 6.07) is 2.22. The number of Topliss-reactive ketones (excluding diaryl/α,β-unsaturated/α-hetero) is 2. The predicted molar refractivity (Wildman–Crippen MR) is 135 cm³/mol. The number of phenols is 1. The Labute approximate surface area is 214 Å². The molecule has 7 N–H and O–H groups in total. The van der Waals surface area contributed by atoms with E-state index in [1.165, 1.54) is 19.0 Å². The third-order valence-electron chi connectivity index (χ3n) is 7.74. The summed E-state index contributed by atoms with van der Waals surface area (Å²) in [6.45, 7) is 5.82. The molecule has 0 unspecified atom stereocenters. The molecule has 1 amide bonds. The first kappa shape index (κ1) is 26.6. The summed E-state index contributed by atoms with van der Waals surface area (Å²) in [7, 11) is 3.07. The van der Waals surface area contributed by atoms with Gasteiger partial charge in [0, 0.05) is 29.5 Å². The largest absolute Gasteiger partial charge is 0.507 e. The van der Waals surface area contributed by atoms with E-state index in [-0.39, 0.29) is 23.4 Å². The zero-order valence-electron chi connectivity index (χ0n) is 21.4. The molecule has 0 radical (unpaired) electrons. The molecule has 0 aliphatic heterocycles.